The molecule has 2 heterocycles. The third-order valence-electron chi connectivity index (χ3n) is 4.84. The van der Waals surface area contributed by atoms with E-state index < -0.39 is 0 Å². The minimum absolute atomic E-state index is 0.633. The van der Waals surface area contributed by atoms with Gasteiger partial charge in [-0.1, -0.05) is 55.7 Å². The van der Waals surface area contributed by atoms with Gasteiger partial charge in [0, 0.05) is 18.5 Å². The molecule has 0 N–H and O–H groups in total. The van der Waals surface area contributed by atoms with Gasteiger partial charge < -0.3 is 4.40 Å². The molecule has 0 unspecified atom stereocenters. The van der Waals surface area contributed by atoms with Crippen LogP contribution >= 0.6 is 0 Å². The van der Waals surface area contributed by atoms with Crippen LogP contribution in [-0.4, -0.2) is 9.38 Å². The largest absolute Gasteiger partial charge is 0.303 e. The monoisotopic (exact) mass is 290 g/mol. The first-order chi connectivity index (χ1) is 10.9. The number of nitrogens with zero attached hydrogens (tertiary/aromatic N) is 2. The molecule has 0 saturated heterocycles. The molecule has 4 rings (SSSR count). The van der Waals surface area contributed by atoms with E-state index in [1.165, 1.54) is 54.7 Å². The van der Waals surface area contributed by atoms with Crippen LogP contribution in [0.15, 0.2) is 54.7 Å². The lowest BCUT2D eigenvalue weighted by atomic mass is 9.89. The Morgan fingerprint density at radius 1 is 0.909 bits per heavy atom. The fourth-order valence-electron chi connectivity index (χ4n) is 3.70. The van der Waals surface area contributed by atoms with E-state index in [1.807, 2.05) is 0 Å². The Bertz CT molecular complexity index is 752. The molecule has 1 aromatic carbocycles. The molecule has 2 nitrogen and oxygen atoms in total. The first-order valence-corrected chi connectivity index (χ1v) is 8.41. The third kappa shape index (κ3) is 2.54. The van der Waals surface area contributed by atoms with Gasteiger partial charge in [0.2, 0.25) is 0 Å². The second-order valence-electron chi connectivity index (χ2n) is 6.37. The topological polar surface area (TPSA) is 17.3 Å². The first-order valence-electron chi connectivity index (χ1n) is 8.41. The number of hydrogen-bond donors (Lipinski definition) is 0. The summed E-state index contributed by atoms with van der Waals surface area (Å²) in [5.74, 6) is 1.91. The number of imidazole rings is 1. The SMILES string of the molecule is c1ccc(Cc2nc(C3CCCCC3)n3ccccc23)cc1. The van der Waals surface area contributed by atoms with Crippen LogP contribution in [0.25, 0.3) is 5.52 Å². The highest BCUT2D eigenvalue weighted by Gasteiger charge is 2.21. The van der Waals surface area contributed by atoms with Crippen LogP contribution in [0.4, 0.5) is 0 Å². The van der Waals surface area contributed by atoms with E-state index in [0.29, 0.717) is 5.92 Å². The van der Waals surface area contributed by atoms with Crippen molar-refractivity contribution in [3.05, 3.63) is 71.8 Å². The lowest BCUT2D eigenvalue weighted by molar-refractivity contribution is 0.427. The molecule has 0 aliphatic heterocycles. The predicted octanol–water partition coefficient (Wildman–Crippen LogP) is 4.97. The quantitative estimate of drug-likeness (QED) is 0.665. The van der Waals surface area contributed by atoms with E-state index in [1.54, 1.807) is 0 Å². The van der Waals surface area contributed by atoms with Gasteiger partial charge in [0.05, 0.1) is 11.2 Å². The summed E-state index contributed by atoms with van der Waals surface area (Å²) < 4.78 is 2.33. The molecule has 2 aromatic heterocycles. The highest BCUT2D eigenvalue weighted by molar-refractivity contribution is 5.55. The molecule has 1 saturated carbocycles. The van der Waals surface area contributed by atoms with E-state index in [-0.39, 0.29) is 0 Å². The van der Waals surface area contributed by atoms with Crippen molar-refractivity contribution in [1.29, 1.82) is 0 Å². The molecule has 22 heavy (non-hydrogen) atoms. The summed E-state index contributed by atoms with van der Waals surface area (Å²) in [5.41, 5.74) is 3.82. The molecular formula is C20H22N2. The van der Waals surface area contributed by atoms with Gasteiger partial charge in [0.1, 0.15) is 5.82 Å². The Labute approximate surface area is 131 Å². The standard InChI is InChI=1S/C20H22N2/c1-3-9-16(10-4-1)15-18-19-13-7-8-14-22(19)20(21-18)17-11-5-2-6-12-17/h1,3-4,7-10,13-14,17H,2,5-6,11-12,15H2. The minimum atomic E-state index is 0.633. The maximum Gasteiger partial charge on any atom is 0.116 e. The van der Waals surface area contributed by atoms with Crippen molar-refractivity contribution in [2.75, 3.05) is 0 Å². The molecule has 0 amide bonds. The van der Waals surface area contributed by atoms with Crippen molar-refractivity contribution < 1.29 is 0 Å². The summed E-state index contributed by atoms with van der Waals surface area (Å²) in [6, 6.07) is 17.1. The van der Waals surface area contributed by atoms with Crippen molar-refractivity contribution in [3.63, 3.8) is 0 Å². The van der Waals surface area contributed by atoms with Gasteiger partial charge in [-0.2, -0.15) is 0 Å². The van der Waals surface area contributed by atoms with Gasteiger partial charge in [-0.25, -0.2) is 4.98 Å². The maximum absolute atomic E-state index is 5.07. The van der Waals surface area contributed by atoms with E-state index in [4.69, 9.17) is 4.98 Å². The van der Waals surface area contributed by atoms with Crippen LogP contribution in [0.1, 0.15) is 55.1 Å². The molecule has 1 fully saturated rings. The van der Waals surface area contributed by atoms with Crippen molar-refractivity contribution in [2.24, 2.45) is 0 Å². The number of fused-ring (bicyclic) bond motifs is 1. The molecule has 0 spiro atoms. The van der Waals surface area contributed by atoms with Gasteiger partial charge in [-0.05, 0) is 30.5 Å². The Morgan fingerprint density at radius 2 is 1.68 bits per heavy atom. The smallest absolute Gasteiger partial charge is 0.116 e. The molecule has 1 aliphatic rings. The van der Waals surface area contributed by atoms with Gasteiger partial charge >= 0.3 is 0 Å². The number of pyridine rings is 1. The van der Waals surface area contributed by atoms with Crippen LogP contribution in [0.2, 0.25) is 0 Å². The van der Waals surface area contributed by atoms with Crippen molar-refractivity contribution in [3.8, 4) is 0 Å². The average Bonchev–Trinajstić information content (AvgIpc) is 2.96. The maximum atomic E-state index is 5.07. The summed E-state index contributed by atoms with van der Waals surface area (Å²) in [6.07, 6.45) is 9.76. The predicted molar refractivity (Wildman–Crippen MR) is 90.3 cm³/mol. The Balaban J connectivity index is 1.75. The Kier molecular flexibility index (Phi) is 3.67. The molecule has 1 aliphatic carbocycles. The highest BCUT2D eigenvalue weighted by atomic mass is 15.0. The lowest BCUT2D eigenvalue weighted by Gasteiger charge is -2.20. The van der Waals surface area contributed by atoms with E-state index in [9.17, 15) is 0 Å². The van der Waals surface area contributed by atoms with Crippen LogP contribution in [0.5, 0.6) is 0 Å². The summed E-state index contributed by atoms with van der Waals surface area (Å²) in [4.78, 5) is 5.07. The van der Waals surface area contributed by atoms with Crippen molar-refractivity contribution in [2.45, 2.75) is 44.4 Å². The Morgan fingerprint density at radius 3 is 2.50 bits per heavy atom. The normalized spacial score (nSPS) is 16.2. The van der Waals surface area contributed by atoms with E-state index >= 15 is 0 Å². The summed E-state index contributed by atoms with van der Waals surface area (Å²) in [6.45, 7) is 0. The van der Waals surface area contributed by atoms with Gasteiger partial charge in [-0.15, -0.1) is 0 Å². The van der Waals surface area contributed by atoms with Gasteiger partial charge in [0.25, 0.3) is 0 Å². The van der Waals surface area contributed by atoms with Crippen LogP contribution in [0.3, 0.4) is 0 Å². The zero-order valence-corrected chi connectivity index (χ0v) is 12.9. The second kappa shape index (κ2) is 5.96. The second-order valence-corrected chi connectivity index (χ2v) is 6.37. The van der Waals surface area contributed by atoms with Crippen molar-refractivity contribution in [1.82, 2.24) is 9.38 Å². The van der Waals surface area contributed by atoms with Crippen molar-refractivity contribution >= 4 is 5.52 Å². The molecule has 3 aromatic rings. The summed E-state index contributed by atoms with van der Waals surface area (Å²) in [5, 5.41) is 0. The lowest BCUT2D eigenvalue weighted by Crippen LogP contribution is -2.08. The summed E-state index contributed by atoms with van der Waals surface area (Å²) >= 11 is 0. The molecule has 112 valence electrons. The Hall–Kier alpha value is -2.09. The number of aromatic nitrogens is 2. The highest BCUT2D eigenvalue weighted by Crippen LogP contribution is 2.33. The minimum Gasteiger partial charge on any atom is -0.303 e. The molecule has 2 heteroatoms. The first kappa shape index (κ1) is 13.6. The van der Waals surface area contributed by atoms with E-state index in [2.05, 4.69) is 59.1 Å². The van der Waals surface area contributed by atoms with Crippen LogP contribution in [-0.2, 0) is 6.42 Å². The van der Waals surface area contributed by atoms with Crippen LogP contribution in [0, 0.1) is 0 Å². The summed E-state index contributed by atoms with van der Waals surface area (Å²) in [7, 11) is 0. The zero-order chi connectivity index (χ0) is 14.8. The zero-order valence-electron chi connectivity index (χ0n) is 12.9. The van der Waals surface area contributed by atoms with E-state index in [0.717, 1.165) is 6.42 Å². The van der Waals surface area contributed by atoms with Crippen LogP contribution < -0.4 is 0 Å². The average molecular weight is 290 g/mol. The number of hydrogen-bond acceptors (Lipinski definition) is 1. The van der Waals surface area contributed by atoms with Gasteiger partial charge in [0.15, 0.2) is 0 Å². The molecule has 0 radical (unpaired) electrons. The third-order valence-corrected chi connectivity index (χ3v) is 4.84. The number of rotatable bonds is 3. The molecule has 0 bridgehead atoms. The van der Waals surface area contributed by atoms with Gasteiger partial charge in [-0.3, -0.25) is 0 Å². The molecular weight excluding hydrogens is 268 g/mol. The number of benzene rings is 1. The fourth-order valence-corrected chi connectivity index (χ4v) is 3.70. The fraction of sp³-hybridized carbons (Fsp3) is 0.350. The molecule has 0 atom stereocenters.